The molecule has 0 aliphatic heterocycles. The Bertz CT molecular complexity index is 984. The van der Waals surface area contributed by atoms with Crippen molar-refractivity contribution in [2.75, 3.05) is 5.32 Å². The number of aliphatic carboxylic acids is 1. The van der Waals surface area contributed by atoms with E-state index in [1.165, 1.54) is 11.3 Å². The van der Waals surface area contributed by atoms with Crippen LogP contribution in [0.25, 0.3) is 11.3 Å². The largest absolute Gasteiger partial charge is 0.481 e. The quantitative estimate of drug-likeness (QED) is 0.589. The Morgan fingerprint density at radius 2 is 1.79 bits per heavy atom. The lowest BCUT2D eigenvalue weighted by molar-refractivity contribution is -0.146. The zero-order valence-electron chi connectivity index (χ0n) is 15.7. The number of benzene rings is 1. The third-order valence-electron chi connectivity index (χ3n) is 5.13. The van der Waals surface area contributed by atoms with Crippen molar-refractivity contribution >= 4 is 51.5 Å². The van der Waals surface area contributed by atoms with E-state index in [-0.39, 0.29) is 5.91 Å². The van der Waals surface area contributed by atoms with Gasteiger partial charge in [-0.3, -0.25) is 9.59 Å². The second-order valence-corrected chi connectivity index (χ2v) is 9.10. The Labute approximate surface area is 177 Å². The second kappa shape index (κ2) is 8.23. The fourth-order valence-corrected chi connectivity index (χ4v) is 4.74. The zero-order valence-corrected chi connectivity index (χ0v) is 18.0. The summed E-state index contributed by atoms with van der Waals surface area (Å²) in [4.78, 5) is 29.9. The number of hydrogen-bond acceptors (Lipinski definition) is 4. The molecular formula is C20H20Cl2N2O3S. The normalized spacial score (nSPS) is 19.6. The van der Waals surface area contributed by atoms with Crippen molar-refractivity contribution in [3.8, 4) is 11.3 Å². The predicted octanol–water partition coefficient (Wildman–Crippen LogP) is 5.81. The summed E-state index contributed by atoms with van der Waals surface area (Å²) in [5.41, 5.74) is 3.52. The molecule has 0 spiro atoms. The molecule has 1 aromatic carbocycles. The number of carboxylic acids is 1. The molecule has 1 aliphatic rings. The molecule has 2 unspecified atom stereocenters. The Balaban J connectivity index is 1.84. The maximum atomic E-state index is 12.8. The van der Waals surface area contributed by atoms with Crippen molar-refractivity contribution in [3.63, 3.8) is 0 Å². The number of halogens is 2. The van der Waals surface area contributed by atoms with Crippen LogP contribution in [0, 0.1) is 18.8 Å². The Morgan fingerprint density at radius 3 is 2.39 bits per heavy atom. The minimum atomic E-state index is -0.948. The van der Waals surface area contributed by atoms with Gasteiger partial charge in [0.25, 0.3) is 0 Å². The summed E-state index contributed by atoms with van der Waals surface area (Å²) in [5, 5.41) is 13.8. The maximum absolute atomic E-state index is 12.8. The van der Waals surface area contributed by atoms with Crippen LogP contribution in [0.15, 0.2) is 29.3 Å². The first-order chi connectivity index (χ1) is 13.2. The Hall–Kier alpha value is -1.89. The van der Waals surface area contributed by atoms with E-state index in [1.54, 1.807) is 18.2 Å². The van der Waals surface area contributed by atoms with E-state index in [2.05, 4.69) is 10.3 Å². The van der Waals surface area contributed by atoms with Gasteiger partial charge in [0.05, 0.1) is 22.6 Å². The molecule has 8 heteroatoms. The lowest BCUT2D eigenvalue weighted by atomic mass is 9.76. The van der Waals surface area contributed by atoms with E-state index >= 15 is 0 Å². The highest BCUT2D eigenvalue weighted by Gasteiger charge is 2.37. The van der Waals surface area contributed by atoms with Crippen LogP contribution in [0.1, 0.15) is 31.6 Å². The molecule has 28 heavy (non-hydrogen) atoms. The number of carbonyl (C=O) groups excluding carboxylic acids is 1. The minimum Gasteiger partial charge on any atom is -0.481 e. The van der Waals surface area contributed by atoms with Gasteiger partial charge in [-0.15, -0.1) is 11.3 Å². The number of allylic oxidation sites excluding steroid dienone is 2. The van der Waals surface area contributed by atoms with Gasteiger partial charge in [0, 0.05) is 15.5 Å². The van der Waals surface area contributed by atoms with Crippen molar-refractivity contribution in [2.24, 2.45) is 11.8 Å². The molecule has 0 fully saturated rings. The number of anilines is 1. The van der Waals surface area contributed by atoms with E-state index in [0.717, 1.165) is 21.6 Å². The molecule has 0 radical (unpaired) electrons. The number of nitrogens with zero attached hydrogens (tertiary/aromatic N) is 1. The molecule has 1 amide bonds. The number of aryl methyl sites for hydroxylation is 1. The first-order valence-corrected chi connectivity index (χ1v) is 10.4. The number of carboxylic acid groups (broad SMARTS) is 1. The summed E-state index contributed by atoms with van der Waals surface area (Å²) >= 11 is 13.6. The number of thiazole rings is 1. The van der Waals surface area contributed by atoms with E-state index in [4.69, 9.17) is 23.2 Å². The first-order valence-electron chi connectivity index (χ1n) is 8.79. The van der Waals surface area contributed by atoms with Crippen LogP contribution >= 0.6 is 34.5 Å². The SMILES string of the molecule is CC1=C(C)CC(C(=O)Nc2nc(-c3ccc(Cl)cc3Cl)c(C)s2)C(C(=O)O)C1. The number of rotatable bonds is 4. The number of hydrogen-bond donors (Lipinski definition) is 2. The fourth-order valence-electron chi connectivity index (χ4n) is 3.41. The zero-order chi connectivity index (χ0) is 20.6. The fraction of sp³-hybridized carbons (Fsp3) is 0.350. The van der Waals surface area contributed by atoms with Crippen molar-refractivity contribution < 1.29 is 14.7 Å². The van der Waals surface area contributed by atoms with Crippen LogP contribution < -0.4 is 5.32 Å². The van der Waals surface area contributed by atoms with Gasteiger partial charge in [0.15, 0.2) is 5.13 Å². The monoisotopic (exact) mass is 438 g/mol. The molecule has 1 aromatic heterocycles. The average Bonchev–Trinajstić information content (AvgIpc) is 2.96. The van der Waals surface area contributed by atoms with Gasteiger partial charge in [0.2, 0.25) is 5.91 Å². The molecule has 1 heterocycles. The molecule has 1 aliphatic carbocycles. The van der Waals surface area contributed by atoms with E-state index in [0.29, 0.717) is 33.7 Å². The van der Waals surface area contributed by atoms with Crippen LogP contribution in [-0.4, -0.2) is 22.0 Å². The second-order valence-electron chi connectivity index (χ2n) is 7.06. The van der Waals surface area contributed by atoms with Crippen molar-refractivity contribution in [1.29, 1.82) is 0 Å². The van der Waals surface area contributed by atoms with Gasteiger partial charge in [-0.25, -0.2) is 4.98 Å². The highest BCUT2D eigenvalue weighted by Crippen LogP contribution is 2.38. The topological polar surface area (TPSA) is 79.3 Å². The van der Waals surface area contributed by atoms with E-state index in [1.807, 2.05) is 20.8 Å². The average molecular weight is 439 g/mol. The molecule has 2 atom stereocenters. The standard InChI is InChI=1S/C20H20Cl2N2O3S/c1-9-6-14(15(19(26)27)7-10(9)2)18(25)24-20-23-17(11(3)28-20)13-5-4-12(21)8-16(13)22/h4-5,8,14-15H,6-7H2,1-3H3,(H,26,27)(H,23,24,25). The number of nitrogens with one attached hydrogen (secondary N) is 1. The molecule has 0 bridgehead atoms. The van der Waals surface area contributed by atoms with Crippen molar-refractivity contribution in [2.45, 2.75) is 33.6 Å². The van der Waals surface area contributed by atoms with Gasteiger partial charge in [-0.05, 0) is 51.8 Å². The molecular weight excluding hydrogens is 419 g/mol. The number of carbonyl (C=O) groups is 2. The molecule has 2 aromatic rings. The smallest absolute Gasteiger partial charge is 0.307 e. The number of amides is 1. The van der Waals surface area contributed by atoms with Gasteiger partial charge >= 0.3 is 5.97 Å². The summed E-state index contributed by atoms with van der Waals surface area (Å²) in [6, 6.07) is 5.17. The van der Waals surface area contributed by atoms with E-state index < -0.39 is 17.8 Å². The molecule has 2 N–H and O–H groups in total. The maximum Gasteiger partial charge on any atom is 0.307 e. The summed E-state index contributed by atoms with van der Waals surface area (Å²) in [6.07, 6.45) is 0.830. The van der Waals surface area contributed by atoms with Crippen LogP contribution in [0.2, 0.25) is 10.0 Å². The van der Waals surface area contributed by atoms with Gasteiger partial charge < -0.3 is 10.4 Å². The highest BCUT2D eigenvalue weighted by molar-refractivity contribution is 7.16. The molecule has 0 saturated carbocycles. The lowest BCUT2D eigenvalue weighted by Gasteiger charge is -2.29. The number of aromatic nitrogens is 1. The lowest BCUT2D eigenvalue weighted by Crippen LogP contribution is -2.36. The van der Waals surface area contributed by atoms with Crippen molar-refractivity contribution in [3.05, 3.63) is 44.3 Å². The third kappa shape index (κ3) is 4.24. The first kappa shape index (κ1) is 20.8. The van der Waals surface area contributed by atoms with Crippen LogP contribution in [0.5, 0.6) is 0 Å². The molecule has 0 saturated heterocycles. The summed E-state index contributed by atoms with van der Waals surface area (Å²) in [5.74, 6) is -2.61. The molecule has 3 rings (SSSR count). The van der Waals surface area contributed by atoms with Gasteiger partial charge in [-0.2, -0.15) is 0 Å². The van der Waals surface area contributed by atoms with Gasteiger partial charge in [0.1, 0.15) is 0 Å². The molecule has 148 valence electrons. The highest BCUT2D eigenvalue weighted by atomic mass is 35.5. The Morgan fingerprint density at radius 1 is 1.14 bits per heavy atom. The molecule has 5 nitrogen and oxygen atoms in total. The van der Waals surface area contributed by atoms with Crippen LogP contribution in [0.4, 0.5) is 5.13 Å². The van der Waals surface area contributed by atoms with Crippen molar-refractivity contribution in [1.82, 2.24) is 4.98 Å². The minimum absolute atomic E-state index is 0.318. The third-order valence-corrected chi connectivity index (χ3v) is 6.57. The Kier molecular flexibility index (Phi) is 6.12. The predicted molar refractivity (Wildman–Crippen MR) is 113 cm³/mol. The van der Waals surface area contributed by atoms with E-state index in [9.17, 15) is 14.7 Å². The van der Waals surface area contributed by atoms with Gasteiger partial charge in [-0.1, -0.05) is 34.3 Å². The van der Waals surface area contributed by atoms with Crippen LogP contribution in [0.3, 0.4) is 0 Å². The van der Waals surface area contributed by atoms with Crippen LogP contribution in [-0.2, 0) is 9.59 Å². The summed E-state index contributed by atoms with van der Waals surface area (Å²) < 4.78 is 0. The summed E-state index contributed by atoms with van der Waals surface area (Å²) in [6.45, 7) is 5.76. The summed E-state index contributed by atoms with van der Waals surface area (Å²) in [7, 11) is 0.